The summed E-state index contributed by atoms with van der Waals surface area (Å²) in [5, 5.41) is 4.02. The molecule has 0 saturated heterocycles. The molecule has 1 amide bonds. The molecule has 0 spiro atoms. The van der Waals surface area contributed by atoms with E-state index in [1.807, 2.05) is 24.3 Å². The average Bonchev–Trinajstić information content (AvgIpc) is 3.64. The van der Waals surface area contributed by atoms with Crippen molar-refractivity contribution in [1.82, 2.24) is 20.3 Å². The molecule has 0 aliphatic heterocycles. The van der Waals surface area contributed by atoms with Crippen LogP contribution in [0.1, 0.15) is 46.1 Å². The summed E-state index contributed by atoms with van der Waals surface area (Å²) in [6, 6.07) is 16.7. The fourth-order valence-electron chi connectivity index (χ4n) is 3.80. The summed E-state index contributed by atoms with van der Waals surface area (Å²) in [5.74, 6) is 0.433. The van der Waals surface area contributed by atoms with Gasteiger partial charge in [0.25, 0.3) is 5.91 Å². The summed E-state index contributed by atoms with van der Waals surface area (Å²) in [4.78, 5) is 25.9. The van der Waals surface area contributed by atoms with E-state index >= 15 is 0 Å². The second-order valence-corrected chi connectivity index (χ2v) is 7.81. The highest BCUT2D eigenvalue weighted by atomic mass is 16.1. The highest BCUT2D eigenvalue weighted by molar-refractivity contribution is 6.00. The predicted molar refractivity (Wildman–Crippen MR) is 117 cm³/mol. The molecule has 2 aromatic heterocycles. The fourth-order valence-corrected chi connectivity index (χ4v) is 3.80. The first-order chi connectivity index (χ1) is 14.7. The zero-order valence-corrected chi connectivity index (χ0v) is 16.8. The zero-order valence-electron chi connectivity index (χ0n) is 16.8. The van der Waals surface area contributed by atoms with Crippen molar-refractivity contribution in [2.24, 2.45) is 0 Å². The SMILES string of the molecule is Cc1cc(C(=O)NCc2cnccn2)nc2c(-c3ccccc3)cc(C3CC3)cc12. The number of benzene rings is 2. The van der Waals surface area contributed by atoms with E-state index in [4.69, 9.17) is 4.98 Å². The molecule has 148 valence electrons. The average molecular weight is 394 g/mol. The van der Waals surface area contributed by atoms with Gasteiger partial charge in [-0.2, -0.15) is 0 Å². The van der Waals surface area contributed by atoms with Gasteiger partial charge in [-0.05, 0) is 60.6 Å². The maximum absolute atomic E-state index is 12.8. The van der Waals surface area contributed by atoms with Gasteiger partial charge < -0.3 is 5.32 Å². The third-order valence-corrected chi connectivity index (χ3v) is 5.56. The Labute approximate surface area is 175 Å². The van der Waals surface area contributed by atoms with Gasteiger partial charge in [-0.3, -0.25) is 14.8 Å². The van der Waals surface area contributed by atoms with Crippen LogP contribution in [0.5, 0.6) is 0 Å². The number of fused-ring (bicyclic) bond motifs is 1. The van der Waals surface area contributed by atoms with Crippen LogP contribution in [0.25, 0.3) is 22.0 Å². The van der Waals surface area contributed by atoms with Gasteiger partial charge in [0.2, 0.25) is 0 Å². The van der Waals surface area contributed by atoms with Crippen LogP contribution >= 0.6 is 0 Å². The fraction of sp³-hybridized carbons (Fsp3) is 0.200. The molecule has 1 saturated carbocycles. The van der Waals surface area contributed by atoms with Gasteiger partial charge in [0.1, 0.15) is 5.69 Å². The van der Waals surface area contributed by atoms with E-state index in [9.17, 15) is 4.79 Å². The number of carbonyl (C=O) groups excluding carboxylic acids is 1. The Morgan fingerprint density at radius 1 is 1.10 bits per heavy atom. The Morgan fingerprint density at radius 2 is 1.93 bits per heavy atom. The highest BCUT2D eigenvalue weighted by Gasteiger charge is 2.25. The lowest BCUT2D eigenvalue weighted by molar-refractivity contribution is 0.0945. The molecule has 0 atom stereocenters. The monoisotopic (exact) mass is 394 g/mol. The van der Waals surface area contributed by atoms with Crippen molar-refractivity contribution in [3.05, 3.63) is 89.6 Å². The topological polar surface area (TPSA) is 67.8 Å². The van der Waals surface area contributed by atoms with Crippen LogP contribution in [-0.4, -0.2) is 20.9 Å². The van der Waals surface area contributed by atoms with Crippen LogP contribution in [-0.2, 0) is 6.54 Å². The van der Waals surface area contributed by atoms with E-state index in [2.05, 4.69) is 46.5 Å². The molecule has 30 heavy (non-hydrogen) atoms. The van der Waals surface area contributed by atoms with E-state index in [0.717, 1.165) is 27.6 Å². The third kappa shape index (κ3) is 3.66. The molecule has 5 nitrogen and oxygen atoms in total. The van der Waals surface area contributed by atoms with Crippen LogP contribution in [0.3, 0.4) is 0 Å². The van der Waals surface area contributed by atoms with E-state index in [-0.39, 0.29) is 5.91 Å². The number of hydrogen-bond acceptors (Lipinski definition) is 4. The number of rotatable bonds is 5. The summed E-state index contributed by atoms with van der Waals surface area (Å²) in [7, 11) is 0. The number of aryl methyl sites for hydroxylation is 1. The minimum absolute atomic E-state index is 0.212. The largest absolute Gasteiger partial charge is 0.345 e. The minimum atomic E-state index is -0.212. The normalized spacial score (nSPS) is 13.4. The van der Waals surface area contributed by atoms with Gasteiger partial charge in [-0.15, -0.1) is 0 Å². The van der Waals surface area contributed by atoms with Crippen molar-refractivity contribution >= 4 is 16.8 Å². The standard InChI is InChI=1S/C25H22N4O/c1-16-11-23(25(30)28-15-20-14-26-9-10-27-20)29-24-21(16)12-19(17-7-8-17)13-22(24)18-5-3-2-4-6-18/h2-6,9-14,17H,7-8,15H2,1H3,(H,28,30). The molecule has 1 aliphatic rings. The lowest BCUT2D eigenvalue weighted by Crippen LogP contribution is -2.24. The van der Waals surface area contributed by atoms with E-state index < -0.39 is 0 Å². The maximum atomic E-state index is 12.8. The number of aromatic nitrogens is 3. The molecule has 1 aliphatic carbocycles. The van der Waals surface area contributed by atoms with Gasteiger partial charge in [-0.25, -0.2) is 4.98 Å². The molecule has 2 heterocycles. The van der Waals surface area contributed by atoms with Gasteiger partial charge in [0.05, 0.1) is 24.0 Å². The molecule has 0 radical (unpaired) electrons. The number of pyridine rings is 1. The number of nitrogens with one attached hydrogen (secondary N) is 1. The Kier molecular flexibility index (Phi) is 4.71. The van der Waals surface area contributed by atoms with Crippen molar-refractivity contribution < 1.29 is 4.79 Å². The summed E-state index contributed by atoms with van der Waals surface area (Å²) < 4.78 is 0. The molecular formula is C25H22N4O. The van der Waals surface area contributed by atoms with E-state index in [0.29, 0.717) is 23.9 Å². The molecule has 5 rings (SSSR count). The van der Waals surface area contributed by atoms with Gasteiger partial charge in [-0.1, -0.05) is 30.3 Å². The predicted octanol–water partition coefficient (Wildman–Crippen LogP) is 4.81. The lowest BCUT2D eigenvalue weighted by Gasteiger charge is -2.13. The Hall–Kier alpha value is -3.60. The van der Waals surface area contributed by atoms with Crippen molar-refractivity contribution in [3.63, 3.8) is 0 Å². The quantitative estimate of drug-likeness (QED) is 0.528. The molecule has 1 N–H and O–H groups in total. The van der Waals surface area contributed by atoms with Crippen molar-refractivity contribution in [3.8, 4) is 11.1 Å². The molecule has 0 bridgehead atoms. The number of amides is 1. The van der Waals surface area contributed by atoms with Crippen LogP contribution in [0.2, 0.25) is 0 Å². The molecule has 1 fully saturated rings. The van der Waals surface area contributed by atoms with Crippen molar-refractivity contribution in [2.45, 2.75) is 32.2 Å². The number of nitrogens with zero attached hydrogens (tertiary/aromatic N) is 3. The van der Waals surface area contributed by atoms with Crippen molar-refractivity contribution in [1.29, 1.82) is 0 Å². The lowest BCUT2D eigenvalue weighted by atomic mass is 9.95. The summed E-state index contributed by atoms with van der Waals surface area (Å²) in [5.41, 5.74) is 6.63. The first kappa shape index (κ1) is 18.4. The second kappa shape index (κ2) is 7.67. The first-order valence-corrected chi connectivity index (χ1v) is 10.2. The van der Waals surface area contributed by atoms with Crippen LogP contribution in [0.4, 0.5) is 0 Å². The summed E-state index contributed by atoms with van der Waals surface area (Å²) >= 11 is 0. The van der Waals surface area contributed by atoms with Gasteiger partial charge in [0, 0.05) is 23.3 Å². The van der Waals surface area contributed by atoms with E-state index in [1.165, 1.54) is 18.4 Å². The van der Waals surface area contributed by atoms with Gasteiger partial charge >= 0.3 is 0 Å². The van der Waals surface area contributed by atoms with Crippen LogP contribution in [0, 0.1) is 6.92 Å². The zero-order chi connectivity index (χ0) is 20.5. The summed E-state index contributed by atoms with van der Waals surface area (Å²) in [6.45, 7) is 2.37. The van der Waals surface area contributed by atoms with E-state index in [1.54, 1.807) is 18.6 Å². The van der Waals surface area contributed by atoms with Crippen molar-refractivity contribution in [2.75, 3.05) is 0 Å². The minimum Gasteiger partial charge on any atom is -0.345 e. The number of carbonyl (C=O) groups is 1. The third-order valence-electron chi connectivity index (χ3n) is 5.56. The molecular weight excluding hydrogens is 372 g/mol. The molecule has 2 aromatic carbocycles. The van der Waals surface area contributed by atoms with Gasteiger partial charge in [0.15, 0.2) is 0 Å². The number of hydrogen-bond donors (Lipinski definition) is 1. The Bertz CT molecular complexity index is 1220. The smallest absolute Gasteiger partial charge is 0.270 e. The molecule has 5 heteroatoms. The Morgan fingerprint density at radius 3 is 2.67 bits per heavy atom. The highest BCUT2D eigenvalue weighted by Crippen LogP contribution is 2.43. The molecule has 0 unspecified atom stereocenters. The Balaban J connectivity index is 1.56. The maximum Gasteiger partial charge on any atom is 0.270 e. The first-order valence-electron chi connectivity index (χ1n) is 10.2. The molecule has 4 aromatic rings. The van der Waals surface area contributed by atoms with Crippen LogP contribution < -0.4 is 5.32 Å². The summed E-state index contributed by atoms with van der Waals surface area (Å²) in [6.07, 6.45) is 7.36. The van der Waals surface area contributed by atoms with Crippen LogP contribution in [0.15, 0.2) is 67.1 Å². The second-order valence-electron chi connectivity index (χ2n) is 7.81.